The van der Waals surface area contributed by atoms with Crippen molar-refractivity contribution in [2.24, 2.45) is 0 Å². The van der Waals surface area contributed by atoms with Gasteiger partial charge in [0.05, 0.1) is 0 Å². The molecular weight excluding hydrogens is 191 g/mol. The van der Waals surface area contributed by atoms with Crippen molar-refractivity contribution in [1.82, 2.24) is 0 Å². The van der Waals surface area contributed by atoms with E-state index in [1.54, 1.807) is 12.2 Å². The summed E-state index contributed by atoms with van der Waals surface area (Å²) in [6, 6.07) is 10.1. The van der Waals surface area contributed by atoms with E-state index in [-0.39, 0.29) is 0 Å². The zero-order chi connectivity index (χ0) is 11.8. The van der Waals surface area contributed by atoms with Crippen LogP contribution in [0.3, 0.4) is 0 Å². The van der Waals surface area contributed by atoms with Crippen LogP contribution in [0.25, 0.3) is 0 Å². The monoisotopic (exact) mass is 206 g/mol. The molecule has 16 heavy (non-hydrogen) atoms. The number of hydrogen-bond acceptors (Lipinski definition) is 0. The number of hydrogen-bond donors (Lipinski definition) is 0. The van der Waals surface area contributed by atoms with Crippen LogP contribution in [0.15, 0.2) is 79.4 Å². The molecule has 0 atom stereocenters. The summed E-state index contributed by atoms with van der Waals surface area (Å²) in [6.45, 7) is 7.36. The molecule has 0 saturated carbocycles. The zero-order valence-corrected chi connectivity index (χ0v) is 9.39. The second-order valence-electron chi connectivity index (χ2n) is 3.30. The van der Waals surface area contributed by atoms with Gasteiger partial charge in [-0.15, -0.1) is 0 Å². The molecule has 0 aromatic heterocycles. The van der Waals surface area contributed by atoms with E-state index in [0.717, 1.165) is 16.6 Å². The minimum atomic E-state index is 0.985. The van der Waals surface area contributed by atoms with Crippen molar-refractivity contribution in [3.05, 3.63) is 85.0 Å². The van der Waals surface area contributed by atoms with Crippen LogP contribution in [-0.4, -0.2) is 13.0 Å². The summed E-state index contributed by atoms with van der Waals surface area (Å²) in [5, 5.41) is 0. The van der Waals surface area contributed by atoms with Crippen LogP contribution in [-0.2, 0) is 0 Å². The Balaban J connectivity index is 3.01. The fourth-order valence-corrected chi connectivity index (χ4v) is 1.36. The minimum absolute atomic E-state index is 0.985. The molecule has 0 radical (unpaired) electrons. The predicted molar refractivity (Wildman–Crippen MR) is 75.3 cm³/mol. The molecule has 0 saturated heterocycles. The van der Waals surface area contributed by atoms with Gasteiger partial charge in [-0.2, -0.15) is 0 Å². The van der Waals surface area contributed by atoms with Gasteiger partial charge in [-0.3, -0.25) is 0 Å². The molecule has 0 fully saturated rings. The Morgan fingerprint density at radius 3 is 2.31 bits per heavy atom. The first-order valence-electron chi connectivity index (χ1n) is 5.16. The maximum absolute atomic E-state index is 4.10. The fraction of sp³-hybridized carbons (Fsp3) is 0. The van der Waals surface area contributed by atoms with Crippen LogP contribution in [0, 0.1) is 0 Å². The van der Waals surface area contributed by atoms with Gasteiger partial charge in [-0.1, -0.05) is 0 Å². The Kier molecular flexibility index (Phi) is 5.00. The van der Waals surface area contributed by atoms with Crippen molar-refractivity contribution in [1.29, 1.82) is 0 Å². The topological polar surface area (TPSA) is 0 Å². The van der Waals surface area contributed by atoms with E-state index >= 15 is 0 Å². The third-order valence-electron chi connectivity index (χ3n) is 2.18. The Bertz CT molecular complexity index is 436. The molecular formula is C15H15B. The van der Waals surface area contributed by atoms with Gasteiger partial charge < -0.3 is 0 Å². The second kappa shape index (κ2) is 6.57. The average Bonchev–Trinajstić information content (AvgIpc) is 2.35. The normalized spacial score (nSPS) is 11.3. The summed E-state index contributed by atoms with van der Waals surface area (Å²) in [7, 11) is 4.10. The van der Waals surface area contributed by atoms with Gasteiger partial charge in [0, 0.05) is 0 Å². The quantitative estimate of drug-likeness (QED) is 0.513. The van der Waals surface area contributed by atoms with Crippen LogP contribution in [0.5, 0.6) is 0 Å². The fourth-order valence-electron chi connectivity index (χ4n) is 1.36. The molecule has 0 aliphatic rings. The van der Waals surface area contributed by atoms with Crippen LogP contribution in [0.1, 0.15) is 5.56 Å². The molecule has 78 valence electrons. The molecule has 0 aliphatic carbocycles. The van der Waals surface area contributed by atoms with E-state index in [9.17, 15) is 0 Å². The molecule has 0 unspecified atom stereocenters. The number of benzene rings is 1. The summed E-state index contributed by atoms with van der Waals surface area (Å²) in [5.74, 6) is 0. The van der Waals surface area contributed by atoms with E-state index in [2.05, 4.69) is 20.6 Å². The van der Waals surface area contributed by atoms with Gasteiger partial charge in [0.1, 0.15) is 0 Å². The van der Waals surface area contributed by atoms with Crippen molar-refractivity contribution in [2.45, 2.75) is 0 Å². The SMILES string of the molecule is B=C(C(/C=C\C=C)=C/C=C)c1ccccc1. The first kappa shape index (κ1) is 12.2. The molecule has 1 aromatic carbocycles. The van der Waals surface area contributed by atoms with Crippen molar-refractivity contribution in [2.75, 3.05) is 0 Å². The summed E-state index contributed by atoms with van der Waals surface area (Å²) < 4.78 is 0. The molecule has 1 rings (SSSR count). The summed E-state index contributed by atoms with van der Waals surface area (Å²) in [6.07, 6.45) is 9.31. The molecule has 1 heteroatoms. The molecule has 0 spiro atoms. The first-order chi connectivity index (χ1) is 7.79. The predicted octanol–water partition coefficient (Wildman–Crippen LogP) is 2.96. The second-order valence-corrected chi connectivity index (χ2v) is 3.30. The average molecular weight is 206 g/mol. The molecule has 0 N–H and O–H groups in total. The van der Waals surface area contributed by atoms with E-state index in [4.69, 9.17) is 0 Å². The van der Waals surface area contributed by atoms with Gasteiger partial charge in [-0.25, -0.2) is 0 Å². The van der Waals surface area contributed by atoms with Crippen LogP contribution < -0.4 is 0 Å². The molecule has 0 aliphatic heterocycles. The first-order valence-corrected chi connectivity index (χ1v) is 5.16. The zero-order valence-electron chi connectivity index (χ0n) is 9.39. The molecule has 0 nitrogen and oxygen atoms in total. The van der Waals surface area contributed by atoms with Gasteiger partial charge in [0.15, 0.2) is 0 Å². The third-order valence-corrected chi connectivity index (χ3v) is 2.18. The standard InChI is InChI=1S/C15H15B/c1-3-5-10-13(9-4-2)15(16)14-11-7-6-8-12-14/h3-12,16H,1-2H2/b10-5-,13-9+. The number of allylic oxidation sites excluding steroid dienone is 6. The maximum atomic E-state index is 4.10. The van der Waals surface area contributed by atoms with Crippen molar-refractivity contribution >= 4 is 13.0 Å². The van der Waals surface area contributed by atoms with Crippen LogP contribution >= 0.6 is 0 Å². The summed E-state index contributed by atoms with van der Waals surface area (Å²) in [5.41, 5.74) is 3.14. The van der Waals surface area contributed by atoms with E-state index in [1.807, 2.05) is 48.6 Å². The third kappa shape index (κ3) is 3.36. The van der Waals surface area contributed by atoms with Crippen molar-refractivity contribution in [3.63, 3.8) is 0 Å². The van der Waals surface area contributed by atoms with Crippen LogP contribution in [0.4, 0.5) is 0 Å². The number of rotatable bonds is 5. The Morgan fingerprint density at radius 1 is 1.06 bits per heavy atom. The molecule has 0 heterocycles. The van der Waals surface area contributed by atoms with Gasteiger partial charge in [-0.05, 0) is 0 Å². The van der Waals surface area contributed by atoms with Gasteiger partial charge in [0.2, 0.25) is 0 Å². The van der Waals surface area contributed by atoms with E-state index in [1.165, 1.54) is 0 Å². The molecule has 1 aromatic rings. The van der Waals surface area contributed by atoms with Crippen molar-refractivity contribution < 1.29 is 0 Å². The summed E-state index contributed by atoms with van der Waals surface area (Å²) in [4.78, 5) is 0. The van der Waals surface area contributed by atoms with E-state index in [0.29, 0.717) is 0 Å². The molecule has 0 bridgehead atoms. The molecule has 0 amide bonds. The van der Waals surface area contributed by atoms with Gasteiger partial charge >= 0.3 is 98.0 Å². The Labute approximate surface area is 98.4 Å². The van der Waals surface area contributed by atoms with E-state index < -0.39 is 0 Å². The summed E-state index contributed by atoms with van der Waals surface area (Å²) >= 11 is 0. The Morgan fingerprint density at radius 2 is 1.75 bits per heavy atom. The van der Waals surface area contributed by atoms with Crippen molar-refractivity contribution in [3.8, 4) is 0 Å². The van der Waals surface area contributed by atoms with Gasteiger partial charge in [0.25, 0.3) is 0 Å². The Hall–Kier alpha value is -1.89. The van der Waals surface area contributed by atoms with Crippen LogP contribution in [0.2, 0.25) is 0 Å².